The Morgan fingerprint density at radius 3 is 2.48 bits per heavy atom. The van der Waals surface area contributed by atoms with Gasteiger partial charge < -0.3 is 5.32 Å². The summed E-state index contributed by atoms with van der Waals surface area (Å²) in [5.41, 5.74) is 1.84. The summed E-state index contributed by atoms with van der Waals surface area (Å²) in [6.07, 6.45) is 0. The summed E-state index contributed by atoms with van der Waals surface area (Å²) >= 11 is 8.02. The Bertz CT molecular complexity index is 828. The van der Waals surface area contributed by atoms with Gasteiger partial charge in [-0.1, -0.05) is 0 Å². The van der Waals surface area contributed by atoms with Gasteiger partial charge in [-0.15, -0.1) is 11.3 Å². The molecule has 1 aromatic carbocycles. The van der Waals surface area contributed by atoms with Crippen molar-refractivity contribution < 1.29 is 13.2 Å². The van der Waals surface area contributed by atoms with Crippen molar-refractivity contribution in [2.24, 2.45) is 0 Å². The molecule has 0 bridgehead atoms. The fraction of sp³-hybridized carbons (Fsp3) is 0.214. The molecule has 0 aliphatic rings. The minimum Gasteiger partial charge on any atom is -0.321 e. The average molecular weight is 482 g/mol. The van der Waals surface area contributed by atoms with Crippen LogP contribution in [0.25, 0.3) is 0 Å². The number of amides is 1. The van der Waals surface area contributed by atoms with Crippen molar-refractivity contribution in [3.05, 3.63) is 43.0 Å². The third kappa shape index (κ3) is 4.79. The van der Waals surface area contributed by atoms with Crippen LogP contribution < -0.4 is 10.0 Å². The minimum absolute atomic E-state index is 0.00700. The Kier molecular flexibility index (Phi) is 5.88. The van der Waals surface area contributed by atoms with Gasteiger partial charge >= 0.3 is 0 Å². The lowest BCUT2D eigenvalue weighted by atomic mass is 10.2. The lowest BCUT2D eigenvalue weighted by Gasteiger charge is -2.11. The highest BCUT2D eigenvalue weighted by Crippen LogP contribution is 2.32. The van der Waals surface area contributed by atoms with Crippen LogP contribution in [0.5, 0.6) is 0 Å². The van der Waals surface area contributed by atoms with Crippen molar-refractivity contribution in [3.8, 4) is 0 Å². The minimum atomic E-state index is -3.32. The van der Waals surface area contributed by atoms with E-state index < -0.39 is 10.0 Å². The summed E-state index contributed by atoms with van der Waals surface area (Å²) in [6.45, 7) is 3.35. The van der Waals surface area contributed by atoms with Gasteiger partial charge in [0.1, 0.15) is 0 Å². The number of sulfonamides is 1. The van der Waals surface area contributed by atoms with Crippen LogP contribution in [-0.2, 0) is 10.0 Å². The van der Waals surface area contributed by atoms with Crippen molar-refractivity contribution in [3.63, 3.8) is 0 Å². The highest BCUT2D eigenvalue weighted by Gasteiger charge is 2.13. The van der Waals surface area contributed by atoms with E-state index >= 15 is 0 Å². The fourth-order valence-corrected chi connectivity index (χ4v) is 4.39. The molecule has 1 amide bonds. The third-order valence-electron chi connectivity index (χ3n) is 3.00. The van der Waals surface area contributed by atoms with Crippen LogP contribution in [0.15, 0.2) is 32.5 Å². The Hall–Kier alpha value is -0.900. The van der Waals surface area contributed by atoms with Crippen LogP contribution >= 0.6 is 43.2 Å². The topological polar surface area (TPSA) is 75.3 Å². The predicted molar refractivity (Wildman–Crippen MR) is 102 cm³/mol. The molecule has 23 heavy (non-hydrogen) atoms. The number of hydrogen-bond acceptors (Lipinski definition) is 4. The normalized spacial score (nSPS) is 11.3. The number of nitrogens with one attached hydrogen (secondary N) is 2. The van der Waals surface area contributed by atoms with E-state index in [4.69, 9.17) is 0 Å². The standard InChI is InChI=1S/C14H14Br2N2O3S2/c1-3-23(20,21)18-11-5-4-9(6-8(11)2)17-14(19)12-7-10(15)13(16)22-12/h4-7,18H,3H2,1-2H3,(H,17,19). The van der Waals surface area contributed by atoms with E-state index in [0.717, 1.165) is 13.8 Å². The van der Waals surface area contributed by atoms with Gasteiger partial charge in [0.2, 0.25) is 10.0 Å². The van der Waals surface area contributed by atoms with E-state index in [9.17, 15) is 13.2 Å². The Morgan fingerprint density at radius 1 is 1.26 bits per heavy atom. The summed E-state index contributed by atoms with van der Waals surface area (Å²) in [5.74, 6) is -0.213. The fourth-order valence-electron chi connectivity index (χ4n) is 1.75. The largest absolute Gasteiger partial charge is 0.321 e. The summed E-state index contributed by atoms with van der Waals surface area (Å²) < 4.78 is 27.4. The van der Waals surface area contributed by atoms with Crippen LogP contribution in [0.2, 0.25) is 0 Å². The highest BCUT2D eigenvalue weighted by atomic mass is 79.9. The summed E-state index contributed by atoms with van der Waals surface area (Å²) in [6, 6.07) is 6.76. The molecule has 0 saturated heterocycles. The summed E-state index contributed by atoms with van der Waals surface area (Å²) in [5, 5.41) is 2.80. The lowest BCUT2D eigenvalue weighted by molar-refractivity contribution is 0.103. The zero-order chi connectivity index (χ0) is 17.2. The Morgan fingerprint density at radius 2 is 1.96 bits per heavy atom. The third-order valence-corrected chi connectivity index (χ3v) is 7.54. The number of thiophene rings is 1. The molecule has 0 aliphatic heterocycles. The van der Waals surface area contributed by atoms with Crippen molar-refractivity contribution in [2.75, 3.05) is 15.8 Å². The first kappa shape index (κ1) is 18.4. The molecule has 0 spiro atoms. The SMILES string of the molecule is CCS(=O)(=O)Nc1ccc(NC(=O)c2cc(Br)c(Br)s2)cc1C. The van der Waals surface area contributed by atoms with E-state index in [1.54, 1.807) is 38.1 Å². The molecular weight excluding hydrogens is 468 g/mol. The van der Waals surface area contributed by atoms with Crippen molar-refractivity contribution in [2.45, 2.75) is 13.8 Å². The van der Waals surface area contributed by atoms with Crippen molar-refractivity contribution in [1.82, 2.24) is 0 Å². The van der Waals surface area contributed by atoms with Gasteiger partial charge in [0.15, 0.2) is 0 Å². The zero-order valence-corrected chi connectivity index (χ0v) is 17.1. The molecule has 2 aromatic rings. The van der Waals surface area contributed by atoms with Gasteiger partial charge in [-0.3, -0.25) is 9.52 Å². The second-order valence-electron chi connectivity index (χ2n) is 4.72. The molecule has 0 atom stereocenters. The van der Waals surface area contributed by atoms with Crippen LogP contribution in [0.3, 0.4) is 0 Å². The number of carbonyl (C=O) groups is 1. The first-order valence-corrected chi connectivity index (χ1v) is 10.6. The van der Waals surface area contributed by atoms with Gasteiger partial charge in [0.25, 0.3) is 5.91 Å². The maximum absolute atomic E-state index is 12.2. The molecule has 0 aliphatic carbocycles. The van der Waals surface area contributed by atoms with E-state index in [0.29, 0.717) is 16.3 Å². The monoisotopic (exact) mass is 480 g/mol. The van der Waals surface area contributed by atoms with Crippen LogP contribution in [0.4, 0.5) is 11.4 Å². The average Bonchev–Trinajstić information content (AvgIpc) is 2.82. The van der Waals surface area contributed by atoms with Gasteiger partial charge in [-0.25, -0.2) is 8.42 Å². The number of halogens is 2. The zero-order valence-electron chi connectivity index (χ0n) is 12.3. The van der Waals surface area contributed by atoms with Crippen molar-refractivity contribution in [1.29, 1.82) is 0 Å². The Balaban J connectivity index is 2.16. The predicted octanol–water partition coefficient (Wildman–Crippen LogP) is 4.60. The maximum atomic E-state index is 12.2. The molecule has 2 rings (SSSR count). The smallest absolute Gasteiger partial charge is 0.265 e. The first-order chi connectivity index (χ1) is 10.7. The molecular formula is C14H14Br2N2O3S2. The Labute approximate surface area is 155 Å². The molecule has 0 unspecified atom stereocenters. The molecule has 0 radical (unpaired) electrons. The van der Waals surface area contributed by atoms with Crippen LogP contribution in [0.1, 0.15) is 22.2 Å². The van der Waals surface area contributed by atoms with E-state index in [-0.39, 0.29) is 11.7 Å². The number of aryl methyl sites for hydroxylation is 1. The lowest BCUT2D eigenvalue weighted by Crippen LogP contribution is -2.15. The van der Waals surface area contributed by atoms with Gasteiger partial charge in [0.05, 0.1) is 20.1 Å². The summed E-state index contributed by atoms with van der Waals surface area (Å²) in [4.78, 5) is 12.8. The summed E-state index contributed by atoms with van der Waals surface area (Å²) in [7, 11) is -3.32. The number of benzene rings is 1. The van der Waals surface area contributed by atoms with Gasteiger partial charge in [-0.2, -0.15) is 0 Å². The number of anilines is 2. The van der Waals surface area contributed by atoms with E-state index in [2.05, 4.69) is 41.9 Å². The maximum Gasteiger partial charge on any atom is 0.265 e. The number of rotatable bonds is 5. The molecule has 9 heteroatoms. The van der Waals surface area contributed by atoms with Gasteiger partial charge in [0, 0.05) is 10.2 Å². The molecule has 2 N–H and O–H groups in total. The molecule has 1 heterocycles. The van der Waals surface area contributed by atoms with Crippen LogP contribution in [0, 0.1) is 6.92 Å². The molecule has 0 fully saturated rings. The second-order valence-corrected chi connectivity index (χ2v) is 9.96. The first-order valence-electron chi connectivity index (χ1n) is 6.59. The van der Waals surface area contributed by atoms with E-state index in [1.807, 2.05) is 0 Å². The number of carbonyl (C=O) groups excluding carboxylic acids is 1. The highest BCUT2D eigenvalue weighted by molar-refractivity contribution is 9.13. The molecule has 5 nitrogen and oxygen atoms in total. The van der Waals surface area contributed by atoms with E-state index in [1.165, 1.54) is 11.3 Å². The second kappa shape index (κ2) is 7.33. The molecule has 1 aromatic heterocycles. The molecule has 124 valence electrons. The van der Waals surface area contributed by atoms with Crippen molar-refractivity contribution >= 4 is 70.5 Å². The molecule has 0 saturated carbocycles. The van der Waals surface area contributed by atoms with Crippen LogP contribution in [-0.4, -0.2) is 20.1 Å². The quantitative estimate of drug-likeness (QED) is 0.655. The number of hydrogen-bond donors (Lipinski definition) is 2. The van der Waals surface area contributed by atoms with Gasteiger partial charge in [-0.05, 0) is 75.5 Å².